The molecule has 26 heavy (non-hydrogen) atoms. The Hall–Kier alpha value is -3.55. The topological polar surface area (TPSA) is 106 Å². The standard InChI is InChI=1S/C18H18N2O6/c1-24-15-7-13(8-16(9-15)25-2)18(23)20-19-10-12-4-3-5-14(6-12)26-11-17(21)22/h3-10H,11H2,1-2H3,(H,20,23)(H,21,22)/b19-10-. The molecule has 2 rings (SSSR count). The Balaban J connectivity index is 2.03. The number of carboxylic acid groups (broad SMARTS) is 1. The van der Waals surface area contributed by atoms with E-state index in [2.05, 4.69) is 10.5 Å². The number of amides is 1. The Morgan fingerprint density at radius 3 is 2.38 bits per heavy atom. The lowest BCUT2D eigenvalue weighted by Gasteiger charge is -2.07. The van der Waals surface area contributed by atoms with Crippen molar-refractivity contribution >= 4 is 18.1 Å². The zero-order valence-corrected chi connectivity index (χ0v) is 14.3. The molecule has 0 spiro atoms. The number of hydrogen-bond donors (Lipinski definition) is 2. The summed E-state index contributed by atoms with van der Waals surface area (Å²) in [4.78, 5) is 22.7. The Morgan fingerprint density at radius 2 is 1.77 bits per heavy atom. The summed E-state index contributed by atoms with van der Waals surface area (Å²) in [5.41, 5.74) is 3.37. The number of nitrogens with one attached hydrogen (secondary N) is 1. The van der Waals surface area contributed by atoms with Crippen molar-refractivity contribution in [3.8, 4) is 17.2 Å². The number of carbonyl (C=O) groups excluding carboxylic acids is 1. The molecule has 2 N–H and O–H groups in total. The van der Waals surface area contributed by atoms with Gasteiger partial charge in [-0.15, -0.1) is 0 Å². The van der Waals surface area contributed by atoms with Gasteiger partial charge < -0.3 is 19.3 Å². The predicted octanol–water partition coefficient (Wildman–Crippen LogP) is 1.93. The van der Waals surface area contributed by atoms with Crippen LogP contribution >= 0.6 is 0 Å². The van der Waals surface area contributed by atoms with Gasteiger partial charge in [-0.2, -0.15) is 5.10 Å². The number of rotatable bonds is 8. The van der Waals surface area contributed by atoms with Gasteiger partial charge in [0.1, 0.15) is 17.2 Å². The molecule has 8 heteroatoms. The Labute approximate surface area is 150 Å². The maximum absolute atomic E-state index is 12.2. The number of carbonyl (C=O) groups is 2. The molecule has 0 aliphatic carbocycles. The molecule has 0 aliphatic rings. The average molecular weight is 358 g/mol. The van der Waals surface area contributed by atoms with E-state index in [9.17, 15) is 9.59 Å². The van der Waals surface area contributed by atoms with Gasteiger partial charge in [0.15, 0.2) is 6.61 Å². The van der Waals surface area contributed by atoms with Crippen LogP contribution in [0.25, 0.3) is 0 Å². The summed E-state index contributed by atoms with van der Waals surface area (Å²) >= 11 is 0. The second-order valence-electron chi connectivity index (χ2n) is 5.06. The molecule has 2 aromatic rings. The molecular weight excluding hydrogens is 340 g/mol. The second-order valence-corrected chi connectivity index (χ2v) is 5.06. The van der Waals surface area contributed by atoms with Crippen molar-refractivity contribution in [3.05, 3.63) is 53.6 Å². The van der Waals surface area contributed by atoms with E-state index in [1.807, 2.05) is 0 Å². The van der Waals surface area contributed by atoms with Crippen LogP contribution in [0.1, 0.15) is 15.9 Å². The van der Waals surface area contributed by atoms with Crippen LogP contribution in [0.3, 0.4) is 0 Å². The fourth-order valence-electron chi connectivity index (χ4n) is 2.00. The largest absolute Gasteiger partial charge is 0.497 e. The number of ether oxygens (including phenoxy) is 3. The zero-order chi connectivity index (χ0) is 18.9. The first-order chi connectivity index (χ1) is 12.5. The van der Waals surface area contributed by atoms with Crippen LogP contribution in [0.2, 0.25) is 0 Å². The van der Waals surface area contributed by atoms with Crippen molar-refractivity contribution in [1.29, 1.82) is 0 Å². The molecule has 0 atom stereocenters. The Morgan fingerprint density at radius 1 is 1.08 bits per heavy atom. The van der Waals surface area contributed by atoms with Crippen molar-refractivity contribution in [3.63, 3.8) is 0 Å². The van der Waals surface area contributed by atoms with Gasteiger partial charge in [-0.05, 0) is 29.8 Å². The molecule has 8 nitrogen and oxygen atoms in total. The summed E-state index contributed by atoms with van der Waals surface area (Å²) < 4.78 is 15.3. The molecule has 136 valence electrons. The first-order valence-electron chi connectivity index (χ1n) is 7.53. The van der Waals surface area contributed by atoms with Crippen molar-refractivity contribution in [1.82, 2.24) is 5.43 Å². The highest BCUT2D eigenvalue weighted by Crippen LogP contribution is 2.22. The molecule has 2 aromatic carbocycles. The molecule has 0 bridgehead atoms. The molecule has 0 saturated heterocycles. The molecule has 0 aromatic heterocycles. The minimum absolute atomic E-state index is 0.330. The number of carboxylic acids is 1. The smallest absolute Gasteiger partial charge is 0.341 e. The number of nitrogens with zero attached hydrogens (tertiary/aromatic N) is 1. The van der Waals surface area contributed by atoms with Gasteiger partial charge in [0.2, 0.25) is 0 Å². The SMILES string of the molecule is COc1cc(OC)cc(C(=O)N/N=C\c2cccc(OCC(=O)O)c2)c1. The fraction of sp³-hybridized carbons (Fsp3) is 0.167. The number of aliphatic carboxylic acids is 1. The van der Waals surface area contributed by atoms with Crippen molar-refractivity contribution < 1.29 is 28.9 Å². The van der Waals surface area contributed by atoms with Crippen molar-refractivity contribution in [2.75, 3.05) is 20.8 Å². The van der Waals surface area contributed by atoms with Gasteiger partial charge in [-0.1, -0.05) is 12.1 Å². The molecule has 0 unspecified atom stereocenters. The molecule has 0 saturated carbocycles. The van der Waals surface area contributed by atoms with Crippen LogP contribution in [0.5, 0.6) is 17.2 Å². The van der Waals surface area contributed by atoms with E-state index in [-0.39, 0.29) is 0 Å². The van der Waals surface area contributed by atoms with E-state index in [0.29, 0.717) is 28.4 Å². The number of methoxy groups -OCH3 is 2. The van der Waals surface area contributed by atoms with E-state index >= 15 is 0 Å². The third-order valence-electron chi connectivity index (χ3n) is 3.21. The summed E-state index contributed by atoms with van der Waals surface area (Å²) in [6.07, 6.45) is 1.42. The monoisotopic (exact) mass is 358 g/mol. The highest BCUT2D eigenvalue weighted by atomic mass is 16.5. The van der Waals surface area contributed by atoms with Gasteiger partial charge in [0.25, 0.3) is 5.91 Å². The van der Waals surface area contributed by atoms with E-state index in [1.165, 1.54) is 20.4 Å². The zero-order valence-electron chi connectivity index (χ0n) is 14.3. The average Bonchev–Trinajstić information content (AvgIpc) is 2.66. The van der Waals surface area contributed by atoms with Crippen molar-refractivity contribution in [2.24, 2.45) is 5.10 Å². The maximum Gasteiger partial charge on any atom is 0.341 e. The van der Waals surface area contributed by atoms with Gasteiger partial charge in [0.05, 0.1) is 20.4 Å². The quantitative estimate of drug-likeness (QED) is 0.552. The van der Waals surface area contributed by atoms with Crippen molar-refractivity contribution in [2.45, 2.75) is 0 Å². The third-order valence-corrected chi connectivity index (χ3v) is 3.21. The number of hydrogen-bond acceptors (Lipinski definition) is 6. The summed E-state index contributed by atoms with van der Waals surface area (Å²) in [6, 6.07) is 11.4. The van der Waals surface area contributed by atoms with E-state index in [1.54, 1.807) is 42.5 Å². The minimum Gasteiger partial charge on any atom is -0.497 e. The van der Waals surface area contributed by atoms with E-state index in [0.717, 1.165) is 0 Å². The number of hydrazone groups is 1. The lowest BCUT2D eigenvalue weighted by molar-refractivity contribution is -0.139. The maximum atomic E-state index is 12.2. The highest BCUT2D eigenvalue weighted by molar-refractivity contribution is 5.95. The molecule has 0 heterocycles. The van der Waals surface area contributed by atoms with Gasteiger partial charge >= 0.3 is 5.97 Å². The van der Waals surface area contributed by atoms with E-state index < -0.39 is 18.5 Å². The first-order valence-corrected chi connectivity index (χ1v) is 7.53. The van der Waals surface area contributed by atoms with Crippen LogP contribution in [0.4, 0.5) is 0 Å². The Bertz CT molecular complexity index is 797. The summed E-state index contributed by atoms with van der Waals surface area (Å²) in [6.45, 7) is -0.436. The number of benzene rings is 2. The van der Waals surface area contributed by atoms with Gasteiger partial charge in [-0.25, -0.2) is 10.2 Å². The predicted molar refractivity (Wildman–Crippen MR) is 94.2 cm³/mol. The van der Waals surface area contributed by atoms with Gasteiger partial charge in [0, 0.05) is 11.6 Å². The van der Waals surface area contributed by atoms with Gasteiger partial charge in [-0.3, -0.25) is 4.79 Å². The van der Waals surface area contributed by atoms with Crippen LogP contribution in [-0.4, -0.2) is 44.0 Å². The molecule has 1 amide bonds. The normalized spacial score (nSPS) is 10.4. The lowest BCUT2D eigenvalue weighted by atomic mass is 10.2. The Kier molecular flexibility index (Phi) is 6.55. The first kappa shape index (κ1) is 18.8. The van der Waals surface area contributed by atoms with Crippen LogP contribution in [-0.2, 0) is 4.79 Å². The second kappa shape index (κ2) is 9.07. The third kappa shape index (κ3) is 5.52. The van der Waals surface area contributed by atoms with Crippen LogP contribution in [0.15, 0.2) is 47.6 Å². The highest BCUT2D eigenvalue weighted by Gasteiger charge is 2.09. The minimum atomic E-state index is -1.06. The molecular formula is C18H18N2O6. The molecule has 0 aliphatic heterocycles. The molecule has 0 fully saturated rings. The summed E-state index contributed by atoms with van der Waals surface area (Å²) in [5, 5.41) is 12.5. The molecule has 0 radical (unpaired) electrons. The summed E-state index contributed by atoms with van der Waals surface area (Å²) in [5.74, 6) is -0.134. The fourth-order valence-corrected chi connectivity index (χ4v) is 2.00. The van der Waals surface area contributed by atoms with Crippen LogP contribution in [0, 0.1) is 0 Å². The summed E-state index contributed by atoms with van der Waals surface area (Å²) in [7, 11) is 2.99. The lowest BCUT2D eigenvalue weighted by Crippen LogP contribution is -2.17. The van der Waals surface area contributed by atoms with Crippen LogP contribution < -0.4 is 19.6 Å². The van der Waals surface area contributed by atoms with E-state index in [4.69, 9.17) is 19.3 Å².